The smallest absolute Gasteiger partial charge is 0.348 e. The summed E-state index contributed by atoms with van der Waals surface area (Å²) in [7, 11) is 1.33. The average molecular weight is 295 g/mol. The van der Waals surface area contributed by atoms with Crippen LogP contribution in [0.2, 0.25) is 0 Å². The first-order valence-electron chi connectivity index (χ1n) is 6.02. The van der Waals surface area contributed by atoms with Gasteiger partial charge in [-0.25, -0.2) is 14.2 Å². The van der Waals surface area contributed by atoms with E-state index < -0.39 is 0 Å². The van der Waals surface area contributed by atoms with Gasteiger partial charge >= 0.3 is 17.1 Å². The molecule has 2 rings (SSSR count). The Morgan fingerprint density at radius 2 is 2.15 bits per heavy atom. The molecule has 0 radical (unpaired) electrons. The van der Waals surface area contributed by atoms with E-state index in [1.165, 1.54) is 18.4 Å². The standard InChI is InChI=1S/C13H14N2O4S/c1-3-19-12(17)8-4-5-9-10(6-8)20-13(14)15(9)7-11(16)18-2/h4-6,14H,3,7H2,1-2H3/p+1. The van der Waals surface area contributed by atoms with E-state index in [1.807, 2.05) is 0 Å². The maximum Gasteiger partial charge on any atom is 0.348 e. The van der Waals surface area contributed by atoms with Gasteiger partial charge in [-0.2, -0.15) is 0 Å². The molecule has 0 amide bonds. The topological polar surface area (TPSA) is 82.5 Å². The lowest BCUT2D eigenvalue weighted by molar-refractivity contribution is -0.641. The van der Waals surface area contributed by atoms with Crippen molar-refractivity contribution in [2.45, 2.75) is 13.5 Å². The summed E-state index contributed by atoms with van der Waals surface area (Å²) in [5, 5.41) is 0.478. The van der Waals surface area contributed by atoms with E-state index in [2.05, 4.69) is 4.74 Å². The Balaban J connectivity index is 2.41. The van der Waals surface area contributed by atoms with E-state index in [-0.39, 0.29) is 18.5 Å². The van der Waals surface area contributed by atoms with Gasteiger partial charge in [0, 0.05) is 0 Å². The van der Waals surface area contributed by atoms with E-state index in [9.17, 15) is 9.59 Å². The summed E-state index contributed by atoms with van der Waals surface area (Å²) >= 11 is 1.31. The van der Waals surface area contributed by atoms with Gasteiger partial charge in [0.1, 0.15) is 5.52 Å². The van der Waals surface area contributed by atoms with Crippen LogP contribution in [0.1, 0.15) is 17.3 Å². The average Bonchev–Trinajstić information content (AvgIpc) is 2.74. The molecule has 0 bridgehead atoms. The monoisotopic (exact) mass is 295 g/mol. The first-order valence-corrected chi connectivity index (χ1v) is 6.84. The molecule has 0 aliphatic carbocycles. The summed E-state index contributed by atoms with van der Waals surface area (Å²) < 4.78 is 12.1. The number of ether oxygens (including phenoxy) is 2. The van der Waals surface area contributed by atoms with Crippen molar-refractivity contribution in [3.8, 4) is 0 Å². The zero-order valence-electron chi connectivity index (χ0n) is 11.2. The molecule has 6 nitrogen and oxygen atoms in total. The molecule has 2 aromatic rings. The SMILES string of the molecule is CCOC(=O)c1ccc2c(c1)sc(N)[n+]2CC(=O)OC. The molecule has 1 aromatic heterocycles. The van der Waals surface area contributed by atoms with Gasteiger partial charge in [0.25, 0.3) is 0 Å². The number of benzene rings is 1. The van der Waals surface area contributed by atoms with Gasteiger partial charge in [-0.15, -0.1) is 0 Å². The van der Waals surface area contributed by atoms with Gasteiger partial charge in [0.2, 0.25) is 0 Å². The van der Waals surface area contributed by atoms with Crippen LogP contribution in [-0.2, 0) is 20.8 Å². The highest BCUT2D eigenvalue weighted by atomic mass is 32.1. The number of nitrogens with two attached hydrogens (primary N) is 1. The third-order valence-electron chi connectivity index (χ3n) is 2.76. The number of methoxy groups -OCH3 is 1. The summed E-state index contributed by atoms with van der Waals surface area (Å²) in [6.45, 7) is 2.12. The van der Waals surface area contributed by atoms with E-state index in [0.717, 1.165) is 10.2 Å². The second-order valence-electron chi connectivity index (χ2n) is 4.01. The van der Waals surface area contributed by atoms with Crippen LogP contribution in [0.15, 0.2) is 18.2 Å². The highest BCUT2D eigenvalue weighted by Gasteiger charge is 2.19. The Hall–Kier alpha value is -2.15. The van der Waals surface area contributed by atoms with Crippen molar-refractivity contribution in [3.63, 3.8) is 0 Å². The molecule has 0 saturated carbocycles. The molecule has 0 aliphatic heterocycles. The molecule has 0 unspecified atom stereocenters. The quantitative estimate of drug-likeness (QED) is 0.675. The van der Waals surface area contributed by atoms with Crippen molar-refractivity contribution >= 4 is 38.6 Å². The summed E-state index contributed by atoms with van der Waals surface area (Å²) in [5.74, 6) is -0.753. The highest BCUT2D eigenvalue weighted by Crippen LogP contribution is 2.23. The number of rotatable bonds is 4. The number of carbonyl (C=O) groups excluding carboxylic acids is 2. The lowest BCUT2D eigenvalue weighted by Gasteiger charge is -2.01. The van der Waals surface area contributed by atoms with Crippen molar-refractivity contribution in [2.24, 2.45) is 0 Å². The van der Waals surface area contributed by atoms with Crippen LogP contribution < -0.4 is 10.3 Å². The molecule has 0 fully saturated rings. The number of carbonyl (C=O) groups is 2. The number of anilines is 1. The van der Waals surface area contributed by atoms with Gasteiger partial charge < -0.3 is 9.47 Å². The van der Waals surface area contributed by atoms with Crippen molar-refractivity contribution < 1.29 is 23.6 Å². The summed E-state index contributed by atoms with van der Waals surface area (Å²) in [6.07, 6.45) is 0. The van der Waals surface area contributed by atoms with Gasteiger partial charge in [-0.1, -0.05) is 0 Å². The summed E-state index contributed by atoms with van der Waals surface area (Å²) in [5.41, 5.74) is 7.15. The maximum absolute atomic E-state index is 11.7. The first kappa shape index (κ1) is 14.3. The molecule has 0 saturated heterocycles. The number of aromatic nitrogens is 1. The van der Waals surface area contributed by atoms with E-state index >= 15 is 0 Å². The summed E-state index contributed by atoms with van der Waals surface area (Å²) in [4.78, 5) is 23.0. The van der Waals surface area contributed by atoms with Crippen LogP contribution in [0.4, 0.5) is 5.13 Å². The second kappa shape index (κ2) is 5.87. The largest absolute Gasteiger partial charge is 0.466 e. The van der Waals surface area contributed by atoms with Gasteiger partial charge in [0.15, 0.2) is 6.54 Å². The van der Waals surface area contributed by atoms with Gasteiger partial charge in [0.05, 0.1) is 24.0 Å². The Kier molecular flexibility index (Phi) is 4.19. The number of nitrogen functional groups attached to an aromatic ring is 1. The minimum atomic E-state index is -0.379. The number of fused-ring (bicyclic) bond motifs is 1. The zero-order chi connectivity index (χ0) is 14.7. The lowest BCUT2D eigenvalue weighted by atomic mass is 10.2. The number of nitrogens with zero attached hydrogens (tertiary/aromatic N) is 1. The van der Waals surface area contributed by atoms with Crippen LogP contribution in [0, 0.1) is 0 Å². The maximum atomic E-state index is 11.7. The molecule has 20 heavy (non-hydrogen) atoms. The Labute approximate surface area is 119 Å². The minimum Gasteiger partial charge on any atom is -0.466 e. The van der Waals surface area contributed by atoms with E-state index in [1.54, 1.807) is 29.7 Å². The van der Waals surface area contributed by atoms with E-state index in [4.69, 9.17) is 10.5 Å². The molecule has 106 valence electrons. The Bertz CT molecular complexity index is 666. The van der Waals surface area contributed by atoms with Crippen molar-refractivity contribution in [2.75, 3.05) is 19.5 Å². The third-order valence-corrected chi connectivity index (χ3v) is 3.73. The fourth-order valence-corrected chi connectivity index (χ4v) is 2.77. The molecule has 0 aliphatic rings. The van der Waals surface area contributed by atoms with Crippen LogP contribution in [0.3, 0.4) is 0 Å². The Morgan fingerprint density at radius 1 is 1.40 bits per heavy atom. The fourth-order valence-electron chi connectivity index (χ4n) is 1.80. The second-order valence-corrected chi connectivity index (χ2v) is 5.07. The molecule has 0 atom stereocenters. The number of thiazole rings is 1. The third kappa shape index (κ3) is 2.72. The van der Waals surface area contributed by atoms with E-state index in [0.29, 0.717) is 17.3 Å². The van der Waals surface area contributed by atoms with Gasteiger partial charge in [-0.3, -0.25) is 5.73 Å². The molecular weight excluding hydrogens is 280 g/mol. The predicted octanol–water partition coefficient (Wildman–Crippen LogP) is 1.12. The molecule has 1 heterocycles. The van der Waals surface area contributed by atoms with Crippen molar-refractivity contribution in [1.29, 1.82) is 0 Å². The molecule has 2 N–H and O–H groups in total. The number of hydrogen-bond acceptors (Lipinski definition) is 6. The molecule has 1 aromatic carbocycles. The predicted molar refractivity (Wildman–Crippen MR) is 74.4 cm³/mol. The minimum absolute atomic E-state index is 0.0427. The first-order chi connectivity index (χ1) is 9.56. The van der Waals surface area contributed by atoms with Crippen LogP contribution in [0.25, 0.3) is 10.2 Å². The lowest BCUT2D eigenvalue weighted by Crippen LogP contribution is -2.39. The van der Waals surface area contributed by atoms with Crippen LogP contribution in [-0.4, -0.2) is 25.7 Å². The zero-order valence-corrected chi connectivity index (χ0v) is 12.0. The fraction of sp³-hybridized carbons (Fsp3) is 0.308. The summed E-state index contributed by atoms with van der Waals surface area (Å²) in [6, 6.07) is 5.11. The van der Waals surface area contributed by atoms with Crippen molar-refractivity contribution in [3.05, 3.63) is 23.8 Å². The molecular formula is C13H15N2O4S+. The van der Waals surface area contributed by atoms with Crippen LogP contribution >= 0.6 is 11.3 Å². The van der Waals surface area contributed by atoms with Gasteiger partial charge in [-0.05, 0) is 36.5 Å². The highest BCUT2D eigenvalue weighted by molar-refractivity contribution is 7.21. The normalized spacial score (nSPS) is 10.5. The number of hydrogen-bond donors (Lipinski definition) is 1. The molecule has 0 spiro atoms. The van der Waals surface area contributed by atoms with Crippen LogP contribution in [0.5, 0.6) is 0 Å². The number of esters is 2. The Morgan fingerprint density at radius 3 is 2.80 bits per heavy atom. The van der Waals surface area contributed by atoms with Crippen molar-refractivity contribution in [1.82, 2.24) is 0 Å². The molecule has 7 heteroatoms.